The van der Waals surface area contributed by atoms with E-state index in [2.05, 4.69) is 31.0 Å². The molecule has 0 fully saturated rings. The number of halogens is 1. The summed E-state index contributed by atoms with van der Waals surface area (Å²) in [5.41, 5.74) is 0.455. The van der Waals surface area contributed by atoms with Crippen molar-refractivity contribution in [2.45, 2.75) is 59.3 Å². The minimum absolute atomic E-state index is 0.0492. The van der Waals surface area contributed by atoms with Crippen LogP contribution in [0.2, 0.25) is 0 Å². The second-order valence-electron chi connectivity index (χ2n) is 7.51. The molecular weight excluding hydrogens is 319 g/mol. The van der Waals surface area contributed by atoms with Crippen molar-refractivity contribution in [3.05, 3.63) is 59.3 Å². The molecule has 0 bridgehead atoms. The summed E-state index contributed by atoms with van der Waals surface area (Å²) in [4.78, 5) is 14.1. The van der Waals surface area contributed by atoms with Gasteiger partial charge in [0, 0.05) is 23.7 Å². The monoisotopic (exact) mass is 346 g/mol. The van der Waals surface area contributed by atoms with E-state index in [0.717, 1.165) is 0 Å². The maximum atomic E-state index is 14.0. The second-order valence-corrected chi connectivity index (χ2v) is 7.51. The first kappa shape index (κ1) is 19.2. The van der Waals surface area contributed by atoms with E-state index in [9.17, 15) is 9.18 Å². The highest BCUT2D eigenvalue weighted by Gasteiger charge is 2.24. The van der Waals surface area contributed by atoms with E-state index in [1.165, 1.54) is 6.07 Å². The van der Waals surface area contributed by atoms with Crippen molar-refractivity contribution in [2.24, 2.45) is 0 Å². The Morgan fingerprint density at radius 1 is 1.16 bits per heavy atom. The van der Waals surface area contributed by atoms with Crippen LogP contribution in [0.15, 0.2) is 40.8 Å². The van der Waals surface area contributed by atoms with E-state index in [0.29, 0.717) is 30.2 Å². The molecule has 1 aromatic carbocycles. The topological polar surface area (TPSA) is 45.5 Å². The first-order valence-electron chi connectivity index (χ1n) is 8.55. The van der Waals surface area contributed by atoms with Crippen LogP contribution in [0.1, 0.15) is 56.5 Å². The van der Waals surface area contributed by atoms with E-state index in [4.69, 9.17) is 4.42 Å². The van der Waals surface area contributed by atoms with Gasteiger partial charge in [-0.05, 0) is 52.8 Å². The van der Waals surface area contributed by atoms with Crippen molar-refractivity contribution in [3.63, 3.8) is 0 Å². The maximum absolute atomic E-state index is 14.0. The first-order valence-corrected chi connectivity index (χ1v) is 8.55. The quantitative estimate of drug-likeness (QED) is 0.845. The van der Waals surface area contributed by atoms with E-state index in [1.54, 1.807) is 24.3 Å². The lowest BCUT2D eigenvalue weighted by Gasteiger charge is -2.35. The van der Waals surface area contributed by atoms with Crippen molar-refractivity contribution in [2.75, 3.05) is 0 Å². The standard InChI is InChI=1S/C20H27FN2O2/c1-14(2)22-19(24)18-11-10-16(25-18)13-23(20(3,4)5)12-15-8-6-7-9-17(15)21/h6-11,14H,12-13H2,1-5H3,(H,22,24). The van der Waals surface area contributed by atoms with Gasteiger partial charge in [-0.1, -0.05) is 18.2 Å². The van der Waals surface area contributed by atoms with Gasteiger partial charge in [0.25, 0.3) is 5.91 Å². The predicted octanol–water partition coefficient (Wildman–Crippen LogP) is 4.36. The maximum Gasteiger partial charge on any atom is 0.287 e. The number of carbonyl (C=O) groups is 1. The number of benzene rings is 1. The lowest BCUT2D eigenvalue weighted by atomic mass is 10.0. The highest BCUT2D eigenvalue weighted by molar-refractivity contribution is 5.91. The molecule has 136 valence electrons. The smallest absolute Gasteiger partial charge is 0.287 e. The minimum atomic E-state index is -0.224. The number of rotatable bonds is 6. The molecule has 2 rings (SSSR count). The summed E-state index contributed by atoms with van der Waals surface area (Å²) in [6.07, 6.45) is 0. The van der Waals surface area contributed by atoms with Gasteiger partial charge in [-0.3, -0.25) is 9.69 Å². The van der Waals surface area contributed by atoms with Gasteiger partial charge in [0.05, 0.1) is 6.54 Å². The first-order chi connectivity index (χ1) is 11.7. The van der Waals surface area contributed by atoms with Crippen molar-refractivity contribution in [1.82, 2.24) is 10.2 Å². The Morgan fingerprint density at radius 3 is 2.44 bits per heavy atom. The third-order valence-electron chi connectivity index (χ3n) is 3.92. The fourth-order valence-electron chi connectivity index (χ4n) is 2.47. The number of nitrogens with zero attached hydrogens (tertiary/aromatic N) is 1. The van der Waals surface area contributed by atoms with Crippen LogP contribution in [0, 0.1) is 5.82 Å². The number of hydrogen-bond acceptors (Lipinski definition) is 3. The number of amides is 1. The van der Waals surface area contributed by atoms with Crippen molar-refractivity contribution < 1.29 is 13.6 Å². The van der Waals surface area contributed by atoms with Gasteiger partial charge in [-0.15, -0.1) is 0 Å². The fourth-order valence-corrected chi connectivity index (χ4v) is 2.47. The second kappa shape index (κ2) is 7.83. The Labute approximate surface area is 149 Å². The van der Waals surface area contributed by atoms with Crippen LogP contribution in [0.5, 0.6) is 0 Å². The lowest BCUT2D eigenvalue weighted by Crippen LogP contribution is -2.40. The van der Waals surface area contributed by atoms with Crippen LogP contribution >= 0.6 is 0 Å². The fraction of sp³-hybridized carbons (Fsp3) is 0.450. The van der Waals surface area contributed by atoms with Crippen LogP contribution in [-0.2, 0) is 13.1 Å². The average molecular weight is 346 g/mol. The van der Waals surface area contributed by atoms with Crippen LogP contribution in [0.3, 0.4) is 0 Å². The van der Waals surface area contributed by atoms with Gasteiger partial charge in [-0.25, -0.2) is 4.39 Å². The number of furan rings is 1. The third-order valence-corrected chi connectivity index (χ3v) is 3.92. The van der Waals surface area contributed by atoms with Crippen LogP contribution < -0.4 is 5.32 Å². The molecule has 4 nitrogen and oxygen atoms in total. The van der Waals surface area contributed by atoms with Gasteiger partial charge in [0.15, 0.2) is 5.76 Å². The molecule has 0 unspecified atom stereocenters. The Morgan fingerprint density at radius 2 is 1.84 bits per heavy atom. The summed E-state index contributed by atoms with van der Waals surface area (Å²) in [5.74, 6) is 0.537. The zero-order valence-electron chi connectivity index (χ0n) is 15.6. The van der Waals surface area contributed by atoms with Crippen molar-refractivity contribution >= 4 is 5.91 Å². The Hall–Kier alpha value is -2.14. The molecule has 0 spiro atoms. The van der Waals surface area contributed by atoms with Gasteiger partial charge in [0.2, 0.25) is 0 Å². The third kappa shape index (κ3) is 5.43. The molecule has 5 heteroatoms. The number of carbonyl (C=O) groups excluding carboxylic acids is 1. The molecule has 1 aromatic heterocycles. The van der Waals surface area contributed by atoms with Gasteiger partial charge in [-0.2, -0.15) is 0 Å². The highest BCUT2D eigenvalue weighted by atomic mass is 19.1. The summed E-state index contributed by atoms with van der Waals surface area (Å²) in [6, 6.07) is 10.3. The lowest BCUT2D eigenvalue weighted by molar-refractivity contribution is 0.0895. The van der Waals surface area contributed by atoms with E-state index in [1.807, 2.05) is 19.9 Å². The molecular formula is C20H27FN2O2. The molecule has 0 radical (unpaired) electrons. The van der Waals surface area contributed by atoms with Crippen molar-refractivity contribution in [1.29, 1.82) is 0 Å². The van der Waals surface area contributed by atoms with E-state index in [-0.39, 0.29) is 23.3 Å². The van der Waals surface area contributed by atoms with Gasteiger partial charge < -0.3 is 9.73 Å². The Balaban J connectivity index is 2.14. The molecule has 0 aliphatic carbocycles. The summed E-state index contributed by atoms with van der Waals surface area (Å²) in [5, 5.41) is 2.81. The predicted molar refractivity (Wildman–Crippen MR) is 96.7 cm³/mol. The highest BCUT2D eigenvalue weighted by Crippen LogP contribution is 2.22. The van der Waals surface area contributed by atoms with Crippen LogP contribution in [-0.4, -0.2) is 22.4 Å². The van der Waals surface area contributed by atoms with Crippen LogP contribution in [0.25, 0.3) is 0 Å². The molecule has 1 N–H and O–H groups in total. The number of hydrogen-bond donors (Lipinski definition) is 1. The van der Waals surface area contributed by atoms with Crippen LogP contribution in [0.4, 0.5) is 4.39 Å². The minimum Gasteiger partial charge on any atom is -0.455 e. The zero-order valence-corrected chi connectivity index (χ0v) is 15.6. The molecule has 2 aromatic rings. The zero-order chi connectivity index (χ0) is 18.6. The summed E-state index contributed by atoms with van der Waals surface area (Å²) < 4.78 is 19.7. The molecule has 0 saturated heterocycles. The molecule has 1 heterocycles. The normalized spacial score (nSPS) is 12.0. The SMILES string of the molecule is CC(C)NC(=O)c1ccc(CN(Cc2ccccc2F)C(C)(C)C)o1. The van der Waals surface area contributed by atoms with Gasteiger partial charge in [0.1, 0.15) is 11.6 Å². The molecule has 1 amide bonds. The largest absolute Gasteiger partial charge is 0.455 e. The Kier molecular flexibility index (Phi) is 6.01. The summed E-state index contributed by atoms with van der Waals surface area (Å²) >= 11 is 0. The van der Waals surface area contributed by atoms with Crippen molar-refractivity contribution in [3.8, 4) is 0 Å². The molecule has 0 atom stereocenters. The molecule has 0 saturated carbocycles. The Bertz CT molecular complexity index is 716. The molecule has 0 aliphatic heterocycles. The average Bonchev–Trinajstić information content (AvgIpc) is 2.96. The molecule has 25 heavy (non-hydrogen) atoms. The summed E-state index contributed by atoms with van der Waals surface area (Å²) in [7, 11) is 0. The summed E-state index contributed by atoms with van der Waals surface area (Å²) in [6.45, 7) is 11.0. The number of nitrogens with one attached hydrogen (secondary N) is 1. The van der Waals surface area contributed by atoms with Gasteiger partial charge >= 0.3 is 0 Å². The molecule has 0 aliphatic rings. The van der Waals surface area contributed by atoms with E-state index < -0.39 is 0 Å². The van der Waals surface area contributed by atoms with E-state index >= 15 is 0 Å².